The Morgan fingerprint density at radius 1 is 1.03 bits per heavy atom. The van der Waals surface area contributed by atoms with Crippen molar-refractivity contribution in [3.63, 3.8) is 0 Å². The summed E-state index contributed by atoms with van der Waals surface area (Å²) < 4.78 is 5.23. The summed E-state index contributed by atoms with van der Waals surface area (Å²) in [5, 5.41) is 19.7. The highest BCUT2D eigenvalue weighted by Crippen LogP contribution is 2.30. The molecule has 3 aromatic rings. The van der Waals surface area contributed by atoms with E-state index in [0.29, 0.717) is 0 Å². The predicted octanol–water partition coefficient (Wildman–Crippen LogP) is 3.59. The molecular formula is C28H30N2O5. The Kier molecular flexibility index (Phi) is 6.80. The van der Waals surface area contributed by atoms with Crippen LogP contribution in [0.3, 0.4) is 0 Å². The van der Waals surface area contributed by atoms with Crippen LogP contribution in [0.2, 0.25) is 0 Å². The number of nitrogens with two attached hydrogens (primary N) is 1. The van der Waals surface area contributed by atoms with E-state index in [9.17, 15) is 19.8 Å². The molecule has 182 valence electrons. The van der Waals surface area contributed by atoms with Crippen LogP contribution in [0.4, 0.5) is 0 Å². The summed E-state index contributed by atoms with van der Waals surface area (Å²) in [6.07, 6.45) is 0.488. The van der Waals surface area contributed by atoms with Crippen molar-refractivity contribution in [3.05, 3.63) is 82.4 Å². The van der Waals surface area contributed by atoms with Crippen LogP contribution in [0.1, 0.15) is 27.8 Å². The first kappa shape index (κ1) is 24.3. The average molecular weight is 475 g/mol. The van der Waals surface area contributed by atoms with Crippen molar-refractivity contribution < 1.29 is 24.5 Å². The highest BCUT2D eigenvalue weighted by atomic mass is 16.5. The van der Waals surface area contributed by atoms with E-state index in [1.807, 2.05) is 56.3 Å². The van der Waals surface area contributed by atoms with Gasteiger partial charge in [0, 0.05) is 13.0 Å². The van der Waals surface area contributed by atoms with E-state index in [0.717, 1.165) is 44.7 Å². The van der Waals surface area contributed by atoms with Crippen LogP contribution < -0.4 is 10.5 Å². The number of benzene rings is 3. The van der Waals surface area contributed by atoms with Crippen LogP contribution in [-0.2, 0) is 29.0 Å². The molecule has 1 amide bonds. The number of amides is 1. The minimum atomic E-state index is -1.05. The molecule has 1 aliphatic rings. The van der Waals surface area contributed by atoms with Crippen molar-refractivity contribution in [1.82, 2.24) is 4.90 Å². The van der Waals surface area contributed by atoms with Gasteiger partial charge in [-0.3, -0.25) is 4.79 Å². The molecule has 2 atom stereocenters. The maximum atomic E-state index is 13.4. The van der Waals surface area contributed by atoms with E-state index in [-0.39, 0.29) is 25.1 Å². The fourth-order valence-electron chi connectivity index (χ4n) is 4.81. The minimum Gasteiger partial charge on any atom is -0.508 e. The fourth-order valence-corrected chi connectivity index (χ4v) is 4.81. The topological polar surface area (TPSA) is 113 Å². The second-order valence-electron chi connectivity index (χ2n) is 9.11. The summed E-state index contributed by atoms with van der Waals surface area (Å²) in [5.41, 5.74) is 12.7. The van der Waals surface area contributed by atoms with Gasteiger partial charge in [0.15, 0.2) is 0 Å². The van der Waals surface area contributed by atoms with Crippen molar-refractivity contribution in [2.45, 2.75) is 45.3 Å². The third kappa shape index (κ3) is 5.00. The number of ether oxygens (including phenoxy) is 1. The fraction of sp³-hybridized carbons (Fsp3) is 0.286. The SMILES string of the molecule is COc1ccc(-c2ccc3c(c2)CN(C(=O)[C@H](N)Cc2c(C)cc(O)cc2C)[C@H](C(=O)O)C3)cc1. The van der Waals surface area contributed by atoms with Gasteiger partial charge in [-0.25, -0.2) is 4.79 Å². The molecule has 1 heterocycles. The van der Waals surface area contributed by atoms with Crippen molar-refractivity contribution in [3.8, 4) is 22.6 Å². The molecule has 0 radical (unpaired) electrons. The monoisotopic (exact) mass is 474 g/mol. The van der Waals surface area contributed by atoms with E-state index in [2.05, 4.69) is 0 Å². The summed E-state index contributed by atoms with van der Waals surface area (Å²) in [4.78, 5) is 26.9. The van der Waals surface area contributed by atoms with Gasteiger partial charge < -0.3 is 25.6 Å². The molecule has 0 aromatic heterocycles. The first-order chi connectivity index (χ1) is 16.7. The third-order valence-corrected chi connectivity index (χ3v) is 6.75. The number of phenols is 1. The van der Waals surface area contributed by atoms with Crippen molar-refractivity contribution in [2.24, 2.45) is 5.73 Å². The van der Waals surface area contributed by atoms with E-state index >= 15 is 0 Å². The number of aromatic hydroxyl groups is 1. The Labute approximate surface area is 204 Å². The van der Waals surface area contributed by atoms with Gasteiger partial charge in [0.1, 0.15) is 17.5 Å². The zero-order chi connectivity index (χ0) is 25.3. The number of nitrogens with zero attached hydrogens (tertiary/aromatic N) is 1. The number of rotatable bonds is 6. The van der Waals surface area contributed by atoms with Crippen molar-refractivity contribution in [1.29, 1.82) is 0 Å². The highest BCUT2D eigenvalue weighted by Gasteiger charge is 2.36. The van der Waals surface area contributed by atoms with E-state index in [4.69, 9.17) is 10.5 Å². The lowest BCUT2D eigenvalue weighted by Crippen LogP contribution is -2.54. The molecule has 0 bridgehead atoms. The Morgan fingerprint density at radius 3 is 2.26 bits per heavy atom. The molecule has 4 rings (SSSR count). The lowest BCUT2D eigenvalue weighted by molar-refractivity contribution is -0.152. The Bertz CT molecular complexity index is 1250. The van der Waals surface area contributed by atoms with Gasteiger partial charge in [0.25, 0.3) is 0 Å². The molecule has 0 aliphatic carbocycles. The van der Waals surface area contributed by atoms with Gasteiger partial charge in [0.2, 0.25) is 5.91 Å². The normalized spacial score (nSPS) is 15.9. The van der Waals surface area contributed by atoms with Crippen LogP contribution in [0.25, 0.3) is 11.1 Å². The molecule has 7 nitrogen and oxygen atoms in total. The van der Waals surface area contributed by atoms with Gasteiger partial charge in [-0.1, -0.05) is 24.3 Å². The summed E-state index contributed by atoms with van der Waals surface area (Å²) in [5.74, 6) is -0.520. The second kappa shape index (κ2) is 9.80. The zero-order valence-electron chi connectivity index (χ0n) is 20.1. The van der Waals surface area contributed by atoms with E-state index in [1.165, 1.54) is 4.90 Å². The maximum absolute atomic E-state index is 13.4. The summed E-state index contributed by atoms with van der Waals surface area (Å²) in [7, 11) is 1.62. The van der Waals surface area contributed by atoms with Gasteiger partial charge in [-0.15, -0.1) is 0 Å². The van der Waals surface area contributed by atoms with Gasteiger partial charge in [-0.2, -0.15) is 0 Å². The number of hydrogen-bond acceptors (Lipinski definition) is 5. The second-order valence-corrected chi connectivity index (χ2v) is 9.11. The lowest BCUT2D eigenvalue weighted by Gasteiger charge is -2.36. The average Bonchev–Trinajstić information content (AvgIpc) is 2.84. The van der Waals surface area contributed by atoms with Crippen LogP contribution >= 0.6 is 0 Å². The summed E-state index contributed by atoms with van der Waals surface area (Å²) >= 11 is 0. The number of aliphatic carboxylic acids is 1. The summed E-state index contributed by atoms with van der Waals surface area (Å²) in [6.45, 7) is 3.89. The number of carboxylic acids is 1. The molecule has 0 spiro atoms. The number of carbonyl (C=O) groups is 2. The van der Waals surface area contributed by atoms with E-state index in [1.54, 1.807) is 19.2 Å². The number of hydrogen-bond donors (Lipinski definition) is 3. The lowest BCUT2D eigenvalue weighted by atomic mass is 9.89. The first-order valence-electron chi connectivity index (χ1n) is 11.5. The number of aryl methyl sites for hydroxylation is 2. The molecule has 3 aromatic carbocycles. The smallest absolute Gasteiger partial charge is 0.326 e. The number of methoxy groups -OCH3 is 1. The van der Waals surface area contributed by atoms with Crippen LogP contribution in [0.15, 0.2) is 54.6 Å². The number of carboxylic acid groups (broad SMARTS) is 1. The molecule has 0 unspecified atom stereocenters. The Morgan fingerprint density at radius 2 is 1.66 bits per heavy atom. The van der Waals surface area contributed by atoms with Gasteiger partial charge in [-0.05, 0) is 89.5 Å². The zero-order valence-corrected chi connectivity index (χ0v) is 20.1. The van der Waals surface area contributed by atoms with Crippen LogP contribution in [0.5, 0.6) is 11.5 Å². The Hall–Kier alpha value is -3.84. The summed E-state index contributed by atoms with van der Waals surface area (Å²) in [6, 6.07) is 15.0. The molecule has 0 saturated carbocycles. The molecule has 35 heavy (non-hydrogen) atoms. The maximum Gasteiger partial charge on any atom is 0.326 e. The van der Waals surface area contributed by atoms with Crippen LogP contribution in [0, 0.1) is 13.8 Å². The first-order valence-corrected chi connectivity index (χ1v) is 11.5. The molecule has 4 N–H and O–H groups in total. The highest BCUT2D eigenvalue weighted by molar-refractivity contribution is 5.88. The predicted molar refractivity (Wildman–Crippen MR) is 133 cm³/mol. The molecule has 7 heteroatoms. The van der Waals surface area contributed by atoms with Gasteiger partial charge >= 0.3 is 5.97 Å². The third-order valence-electron chi connectivity index (χ3n) is 6.75. The number of fused-ring (bicyclic) bond motifs is 1. The molecule has 1 aliphatic heterocycles. The van der Waals surface area contributed by atoms with Crippen LogP contribution in [-0.4, -0.2) is 46.2 Å². The van der Waals surface area contributed by atoms with Gasteiger partial charge in [0.05, 0.1) is 13.2 Å². The largest absolute Gasteiger partial charge is 0.508 e. The number of phenolic OH excluding ortho intramolecular Hbond substituents is 1. The molecule has 0 fully saturated rings. The minimum absolute atomic E-state index is 0.162. The molecular weight excluding hydrogens is 444 g/mol. The Balaban J connectivity index is 1.60. The quantitative estimate of drug-likeness (QED) is 0.503. The number of carbonyl (C=O) groups excluding carboxylic acids is 1. The molecule has 0 saturated heterocycles. The standard InChI is InChI=1S/C28H30N2O5/c1-16-10-22(31)11-17(2)24(16)14-25(29)27(32)30-15-21-12-19(18-6-8-23(35-3)9-7-18)4-5-20(21)13-26(30)28(33)34/h4-12,25-26,31H,13-15,29H2,1-3H3,(H,33,34)/t25-,26+/m1/s1. The van der Waals surface area contributed by atoms with Crippen molar-refractivity contribution >= 4 is 11.9 Å². The van der Waals surface area contributed by atoms with Crippen molar-refractivity contribution in [2.75, 3.05) is 7.11 Å². The van der Waals surface area contributed by atoms with E-state index < -0.39 is 24.0 Å².